The van der Waals surface area contributed by atoms with Crippen LogP contribution in [0.4, 0.5) is 10.1 Å². The largest absolute Gasteiger partial charge is 0.454 e. The van der Waals surface area contributed by atoms with Crippen LogP contribution in [0.3, 0.4) is 0 Å². The van der Waals surface area contributed by atoms with Gasteiger partial charge in [0, 0.05) is 21.0 Å². The van der Waals surface area contributed by atoms with Crippen LogP contribution in [0.15, 0.2) is 77.3 Å². The zero-order valence-electron chi connectivity index (χ0n) is 23.2. The first-order chi connectivity index (χ1) is 21.1. The maximum atomic E-state index is 13.4. The van der Waals surface area contributed by atoms with E-state index in [9.17, 15) is 23.6 Å². The Morgan fingerprint density at radius 1 is 1.00 bits per heavy atom. The van der Waals surface area contributed by atoms with Crippen molar-refractivity contribution in [2.45, 2.75) is 13.3 Å². The molecule has 1 aliphatic heterocycles. The van der Waals surface area contributed by atoms with Crippen molar-refractivity contribution in [2.24, 2.45) is 23.7 Å². The van der Waals surface area contributed by atoms with Crippen LogP contribution in [0, 0.1) is 36.4 Å². The van der Waals surface area contributed by atoms with Gasteiger partial charge in [0.1, 0.15) is 5.82 Å². The van der Waals surface area contributed by atoms with Gasteiger partial charge in [-0.1, -0.05) is 35.9 Å². The molecule has 2 amide bonds. The molecule has 1 saturated carbocycles. The fourth-order valence-corrected chi connectivity index (χ4v) is 7.31. The number of hydrogen-bond donors (Lipinski definition) is 0. The van der Waals surface area contributed by atoms with E-state index in [1.807, 2.05) is 0 Å². The summed E-state index contributed by atoms with van der Waals surface area (Å²) in [7, 11) is 0. The van der Waals surface area contributed by atoms with Crippen molar-refractivity contribution >= 4 is 67.7 Å². The predicted octanol–water partition coefficient (Wildman–Crippen LogP) is 7.12. The highest BCUT2D eigenvalue weighted by molar-refractivity contribution is 9.10. The van der Waals surface area contributed by atoms with Gasteiger partial charge >= 0.3 is 5.97 Å². The Labute approximate surface area is 264 Å². The van der Waals surface area contributed by atoms with Gasteiger partial charge in [-0.05, 0) is 95.2 Å². The van der Waals surface area contributed by atoms with E-state index in [0.29, 0.717) is 42.9 Å². The van der Waals surface area contributed by atoms with Gasteiger partial charge in [-0.3, -0.25) is 19.3 Å². The van der Waals surface area contributed by atoms with Gasteiger partial charge in [-0.2, -0.15) is 0 Å². The minimum Gasteiger partial charge on any atom is -0.454 e. The van der Waals surface area contributed by atoms with Gasteiger partial charge in [-0.25, -0.2) is 14.2 Å². The number of nitrogens with zero attached hydrogens (tertiary/aromatic N) is 2. The number of carbonyl (C=O) groups is 4. The van der Waals surface area contributed by atoms with Gasteiger partial charge in [0.2, 0.25) is 11.8 Å². The SMILES string of the molecule is Cc1c(Cl)c(Br)cc2c(C(=O)OCC(=O)c3ccc(F)cc3)cc(-c3ccc(N4C(=O)C5C6C=CC(C6)C5C4=O)cc3)nc12. The van der Waals surface area contributed by atoms with Crippen molar-refractivity contribution in [3.8, 4) is 11.3 Å². The van der Waals surface area contributed by atoms with Crippen LogP contribution >= 0.6 is 27.5 Å². The highest BCUT2D eigenvalue weighted by Crippen LogP contribution is 2.53. The molecule has 2 bridgehead atoms. The van der Waals surface area contributed by atoms with Crippen LogP contribution in [0.1, 0.15) is 32.7 Å². The Kier molecular flexibility index (Phi) is 6.98. The minimum absolute atomic E-state index is 0.117. The van der Waals surface area contributed by atoms with Crippen molar-refractivity contribution in [1.82, 2.24) is 4.98 Å². The van der Waals surface area contributed by atoms with Crippen molar-refractivity contribution in [3.05, 3.63) is 105 Å². The molecule has 0 spiro atoms. The molecular formula is C34H23BrClFN2O5. The van der Waals surface area contributed by atoms with Crippen molar-refractivity contribution in [1.29, 1.82) is 0 Å². The first-order valence-electron chi connectivity index (χ1n) is 14.0. The molecule has 44 heavy (non-hydrogen) atoms. The summed E-state index contributed by atoms with van der Waals surface area (Å²) in [6.07, 6.45) is 4.98. The molecule has 2 heterocycles. The molecular weight excluding hydrogens is 651 g/mol. The molecule has 0 radical (unpaired) electrons. The molecule has 2 aliphatic carbocycles. The molecule has 4 atom stereocenters. The summed E-state index contributed by atoms with van der Waals surface area (Å²) in [6, 6.07) is 15.1. The average Bonchev–Trinajstić information content (AvgIpc) is 3.72. The minimum atomic E-state index is -0.748. The summed E-state index contributed by atoms with van der Waals surface area (Å²) < 4.78 is 19.2. The summed E-state index contributed by atoms with van der Waals surface area (Å²) in [6.45, 7) is 1.25. The summed E-state index contributed by atoms with van der Waals surface area (Å²) in [5.41, 5.74) is 3.04. The summed E-state index contributed by atoms with van der Waals surface area (Å²) in [5.74, 6) is -2.39. The molecule has 7 nitrogen and oxygen atoms in total. The molecule has 220 valence electrons. The zero-order chi connectivity index (χ0) is 30.9. The second kappa shape index (κ2) is 10.7. The van der Waals surface area contributed by atoms with Crippen LogP contribution < -0.4 is 4.90 Å². The maximum absolute atomic E-state index is 13.4. The topological polar surface area (TPSA) is 93.6 Å². The van der Waals surface area contributed by atoms with Crippen molar-refractivity contribution < 1.29 is 28.3 Å². The second-order valence-corrected chi connectivity index (χ2v) is 12.5. The highest BCUT2D eigenvalue weighted by atomic mass is 79.9. The number of carbonyl (C=O) groups excluding carboxylic acids is 4. The number of aryl methyl sites for hydroxylation is 1. The van der Waals surface area contributed by atoms with Crippen LogP contribution in [0.5, 0.6) is 0 Å². The third kappa shape index (κ3) is 4.57. The van der Waals surface area contributed by atoms with E-state index in [0.717, 1.165) is 18.6 Å². The second-order valence-electron chi connectivity index (χ2n) is 11.3. The quantitative estimate of drug-likeness (QED) is 0.0937. The molecule has 3 aliphatic rings. The summed E-state index contributed by atoms with van der Waals surface area (Å²) in [5, 5.41) is 0.907. The first kappa shape index (κ1) is 28.6. The fraction of sp³-hybridized carbons (Fsp3) is 0.206. The third-order valence-corrected chi connectivity index (χ3v) is 10.2. The molecule has 2 fully saturated rings. The first-order valence-corrected chi connectivity index (χ1v) is 15.2. The van der Waals surface area contributed by atoms with Crippen molar-refractivity contribution in [3.63, 3.8) is 0 Å². The third-order valence-electron chi connectivity index (χ3n) is 8.84. The molecule has 7 rings (SSSR count). The molecule has 1 saturated heterocycles. The Balaban J connectivity index is 1.20. The van der Waals surface area contributed by atoms with Crippen LogP contribution in [0.2, 0.25) is 5.02 Å². The Bertz CT molecular complexity index is 1910. The Morgan fingerprint density at radius 2 is 1.64 bits per heavy atom. The molecule has 4 aromatic rings. The molecule has 1 aromatic heterocycles. The van der Waals surface area contributed by atoms with Gasteiger partial charge in [0.15, 0.2) is 12.4 Å². The lowest BCUT2D eigenvalue weighted by atomic mass is 9.85. The lowest BCUT2D eigenvalue weighted by molar-refractivity contribution is -0.123. The number of hydrogen-bond acceptors (Lipinski definition) is 6. The number of amides is 2. The lowest BCUT2D eigenvalue weighted by Gasteiger charge is -2.18. The number of pyridine rings is 1. The standard InChI is InChI=1S/C34H23BrClFN2O5/c1-16-30(36)25(35)13-23-24(34(43)44-15-27(40)18-4-8-21(37)9-5-18)14-26(38-31(16)23)17-6-10-22(11-7-17)39-32(41)28-19-2-3-20(12-19)29(28)33(39)42/h2-11,13-14,19-20,28-29H,12,15H2,1H3. The van der Waals surface area contributed by atoms with Crippen molar-refractivity contribution in [2.75, 3.05) is 11.5 Å². The van der Waals surface area contributed by atoms with Crippen LogP contribution in [-0.4, -0.2) is 35.2 Å². The van der Waals surface area contributed by atoms with Gasteiger partial charge in [0.25, 0.3) is 0 Å². The number of ether oxygens (including phenoxy) is 1. The number of aromatic nitrogens is 1. The molecule has 0 N–H and O–H groups in total. The number of fused-ring (bicyclic) bond motifs is 6. The van der Waals surface area contributed by atoms with E-state index in [2.05, 4.69) is 28.1 Å². The van der Waals surface area contributed by atoms with E-state index in [4.69, 9.17) is 21.3 Å². The lowest BCUT2D eigenvalue weighted by Crippen LogP contribution is -2.32. The zero-order valence-corrected chi connectivity index (χ0v) is 25.6. The number of benzene rings is 3. The fourth-order valence-electron chi connectivity index (χ4n) is 6.64. The summed E-state index contributed by atoms with van der Waals surface area (Å²) in [4.78, 5) is 58.6. The number of allylic oxidation sites excluding steroid dienone is 2. The number of rotatable bonds is 6. The van der Waals surface area contributed by atoms with Gasteiger partial charge < -0.3 is 4.74 Å². The predicted molar refractivity (Wildman–Crippen MR) is 166 cm³/mol. The smallest absolute Gasteiger partial charge is 0.339 e. The molecule has 10 heteroatoms. The normalized spacial score (nSPS) is 21.8. The van der Waals surface area contributed by atoms with E-state index >= 15 is 0 Å². The Hall–Kier alpha value is -4.21. The van der Waals surface area contributed by atoms with Gasteiger partial charge in [0.05, 0.1) is 39.3 Å². The number of esters is 1. The Morgan fingerprint density at radius 3 is 2.27 bits per heavy atom. The number of imide groups is 1. The highest BCUT2D eigenvalue weighted by Gasteiger charge is 2.59. The van der Waals surface area contributed by atoms with Gasteiger partial charge in [-0.15, -0.1) is 0 Å². The number of ketones is 1. The van der Waals surface area contributed by atoms with E-state index in [-0.39, 0.29) is 46.6 Å². The van der Waals surface area contributed by atoms with E-state index in [1.54, 1.807) is 43.3 Å². The number of Topliss-reactive ketones (excluding diaryl/α,β-unsaturated/α-hetero) is 1. The van der Waals surface area contributed by atoms with E-state index in [1.165, 1.54) is 17.0 Å². The number of halogens is 3. The monoisotopic (exact) mass is 672 g/mol. The van der Waals surface area contributed by atoms with Crippen LogP contribution in [-0.2, 0) is 14.3 Å². The maximum Gasteiger partial charge on any atom is 0.339 e. The van der Waals surface area contributed by atoms with E-state index < -0.39 is 24.2 Å². The average molecular weight is 674 g/mol. The molecule has 4 unspecified atom stereocenters. The molecule has 3 aromatic carbocycles. The van der Waals surface area contributed by atoms with Crippen LogP contribution in [0.25, 0.3) is 22.2 Å². The number of anilines is 1. The summed E-state index contributed by atoms with van der Waals surface area (Å²) >= 11 is 9.94.